The lowest BCUT2D eigenvalue weighted by Gasteiger charge is -2.36. The van der Waals surface area contributed by atoms with Crippen LogP contribution in [0.5, 0.6) is 0 Å². The fraction of sp³-hybridized carbons (Fsp3) is 0.579. The first-order chi connectivity index (χ1) is 12.4. The second-order valence-corrected chi connectivity index (χ2v) is 6.85. The molecule has 1 heterocycles. The number of nitrogens with zero attached hydrogens (tertiary/aromatic N) is 3. The van der Waals surface area contributed by atoms with Crippen molar-refractivity contribution in [2.75, 3.05) is 39.8 Å². The number of carboxylic acid groups (broad SMARTS) is 1. The average molecular weight is 365 g/mol. The quantitative estimate of drug-likeness (QED) is 0.759. The van der Waals surface area contributed by atoms with Crippen LogP contribution in [0.1, 0.15) is 25.3 Å². The molecule has 0 aromatic heterocycles. The zero-order valence-corrected chi connectivity index (χ0v) is 15.5. The molecule has 7 heteroatoms. The Morgan fingerprint density at radius 2 is 2.00 bits per heavy atom. The van der Waals surface area contributed by atoms with Crippen molar-refractivity contribution in [1.82, 2.24) is 14.7 Å². The van der Waals surface area contributed by atoms with Crippen LogP contribution in [0.25, 0.3) is 0 Å². The van der Waals surface area contributed by atoms with Gasteiger partial charge in [-0.1, -0.05) is 12.1 Å². The molecule has 1 aromatic rings. The van der Waals surface area contributed by atoms with E-state index in [0.717, 1.165) is 31.5 Å². The number of likely N-dealkylation sites (tertiary alicyclic amines) is 1. The highest BCUT2D eigenvalue weighted by atomic mass is 19.1. The van der Waals surface area contributed by atoms with E-state index in [2.05, 4.69) is 4.90 Å². The van der Waals surface area contributed by atoms with Gasteiger partial charge in [-0.2, -0.15) is 0 Å². The summed E-state index contributed by atoms with van der Waals surface area (Å²) in [6.07, 6.45) is 1.71. The summed E-state index contributed by atoms with van der Waals surface area (Å²) in [7, 11) is 1.83. The summed E-state index contributed by atoms with van der Waals surface area (Å²) < 4.78 is 13.3. The van der Waals surface area contributed by atoms with E-state index in [9.17, 15) is 14.0 Å². The second-order valence-electron chi connectivity index (χ2n) is 6.85. The van der Waals surface area contributed by atoms with Gasteiger partial charge in [-0.3, -0.25) is 19.4 Å². The zero-order valence-electron chi connectivity index (χ0n) is 15.5. The maximum atomic E-state index is 13.3. The van der Waals surface area contributed by atoms with Crippen LogP contribution >= 0.6 is 0 Å². The highest BCUT2D eigenvalue weighted by Crippen LogP contribution is 2.16. The molecule has 0 atom stereocenters. The molecule has 1 amide bonds. The minimum atomic E-state index is -0.818. The maximum absolute atomic E-state index is 13.3. The number of hydrogen-bond acceptors (Lipinski definition) is 4. The number of carbonyl (C=O) groups is 2. The number of aliphatic carboxylic acids is 1. The predicted octanol–water partition coefficient (Wildman–Crippen LogP) is 1.66. The minimum Gasteiger partial charge on any atom is -0.480 e. The molecule has 0 radical (unpaired) electrons. The number of halogens is 1. The van der Waals surface area contributed by atoms with Crippen LogP contribution in [0, 0.1) is 5.82 Å². The Hall–Kier alpha value is -1.99. The second kappa shape index (κ2) is 9.64. The van der Waals surface area contributed by atoms with E-state index in [0.29, 0.717) is 19.6 Å². The molecule has 1 aliphatic rings. The van der Waals surface area contributed by atoms with E-state index in [4.69, 9.17) is 5.11 Å². The lowest BCUT2D eigenvalue weighted by molar-refractivity contribution is -0.138. The van der Waals surface area contributed by atoms with Gasteiger partial charge in [0.25, 0.3) is 0 Å². The van der Waals surface area contributed by atoms with E-state index in [1.165, 1.54) is 12.1 Å². The first-order valence-corrected chi connectivity index (χ1v) is 9.05. The van der Waals surface area contributed by atoms with Gasteiger partial charge in [-0.25, -0.2) is 4.39 Å². The maximum Gasteiger partial charge on any atom is 0.317 e. The van der Waals surface area contributed by atoms with Crippen molar-refractivity contribution in [2.24, 2.45) is 0 Å². The monoisotopic (exact) mass is 365 g/mol. The van der Waals surface area contributed by atoms with Crippen molar-refractivity contribution >= 4 is 11.9 Å². The third-order valence-corrected chi connectivity index (χ3v) is 4.92. The van der Waals surface area contributed by atoms with E-state index in [1.54, 1.807) is 11.0 Å². The van der Waals surface area contributed by atoms with E-state index < -0.39 is 5.97 Å². The van der Waals surface area contributed by atoms with Gasteiger partial charge in [0, 0.05) is 32.2 Å². The molecule has 144 valence electrons. The molecule has 0 saturated carbocycles. The van der Waals surface area contributed by atoms with Crippen LogP contribution in [-0.2, 0) is 16.1 Å². The molecule has 26 heavy (non-hydrogen) atoms. The molecule has 1 N–H and O–H groups in total. The standard InChI is InChI=1S/C19H28FN3O3/c1-3-23(12-15-5-4-6-16(20)11-15)18(24)13-22-9-7-17(8-10-22)21(2)14-19(25)26/h4-6,11,17H,3,7-10,12-14H2,1-2H3,(H,25,26). The largest absolute Gasteiger partial charge is 0.480 e. The van der Waals surface area contributed by atoms with Crippen LogP contribution in [0.15, 0.2) is 24.3 Å². The summed E-state index contributed by atoms with van der Waals surface area (Å²) in [6, 6.07) is 6.57. The number of piperidine rings is 1. The van der Waals surface area contributed by atoms with Gasteiger partial charge in [-0.05, 0) is 44.5 Å². The Morgan fingerprint density at radius 1 is 1.31 bits per heavy atom. The van der Waals surface area contributed by atoms with Gasteiger partial charge in [0.2, 0.25) is 5.91 Å². The van der Waals surface area contributed by atoms with Gasteiger partial charge in [0.15, 0.2) is 0 Å². The van der Waals surface area contributed by atoms with Crippen LogP contribution in [0.2, 0.25) is 0 Å². The SMILES string of the molecule is CCN(Cc1cccc(F)c1)C(=O)CN1CCC(N(C)CC(=O)O)CC1. The van der Waals surface area contributed by atoms with Gasteiger partial charge < -0.3 is 10.0 Å². The van der Waals surface area contributed by atoms with Crippen molar-refractivity contribution in [3.63, 3.8) is 0 Å². The molecule has 1 saturated heterocycles. The number of likely N-dealkylation sites (N-methyl/N-ethyl adjacent to an activating group) is 2. The molecule has 1 fully saturated rings. The number of carboxylic acids is 1. The summed E-state index contributed by atoms with van der Waals surface area (Å²) in [6.45, 7) is 4.84. The summed E-state index contributed by atoms with van der Waals surface area (Å²) in [5.74, 6) is -1.08. The van der Waals surface area contributed by atoms with Gasteiger partial charge >= 0.3 is 5.97 Å². The molecule has 1 aliphatic heterocycles. The summed E-state index contributed by atoms with van der Waals surface area (Å²) in [5, 5.41) is 8.89. The lowest BCUT2D eigenvalue weighted by atomic mass is 10.0. The smallest absolute Gasteiger partial charge is 0.317 e. The molecule has 0 bridgehead atoms. The molecular formula is C19H28FN3O3. The van der Waals surface area contributed by atoms with Crippen LogP contribution < -0.4 is 0 Å². The summed E-state index contributed by atoms with van der Waals surface area (Å²) in [5.41, 5.74) is 0.786. The van der Waals surface area contributed by atoms with Gasteiger partial charge in [-0.15, -0.1) is 0 Å². The third kappa shape index (κ3) is 6.07. The van der Waals surface area contributed by atoms with Crippen molar-refractivity contribution in [1.29, 1.82) is 0 Å². The fourth-order valence-electron chi connectivity index (χ4n) is 3.38. The predicted molar refractivity (Wildman–Crippen MR) is 97.2 cm³/mol. The number of carbonyl (C=O) groups excluding carboxylic acids is 1. The molecule has 6 nitrogen and oxygen atoms in total. The average Bonchev–Trinajstić information content (AvgIpc) is 2.59. The highest BCUT2D eigenvalue weighted by molar-refractivity contribution is 5.78. The van der Waals surface area contributed by atoms with Gasteiger partial charge in [0.1, 0.15) is 5.82 Å². The van der Waals surface area contributed by atoms with Gasteiger partial charge in [0.05, 0.1) is 13.1 Å². The molecule has 0 aliphatic carbocycles. The minimum absolute atomic E-state index is 0.0362. The number of amides is 1. The van der Waals surface area contributed by atoms with Crippen molar-refractivity contribution < 1.29 is 19.1 Å². The lowest BCUT2D eigenvalue weighted by Crippen LogP contribution is -2.48. The Bertz CT molecular complexity index is 618. The third-order valence-electron chi connectivity index (χ3n) is 4.92. The van der Waals surface area contributed by atoms with E-state index in [1.807, 2.05) is 24.9 Å². The van der Waals surface area contributed by atoms with Crippen molar-refractivity contribution in [2.45, 2.75) is 32.4 Å². The molecular weight excluding hydrogens is 337 g/mol. The fourth-order valence-corrected chi connectivity index (χ4v) is 3.38. The first-order valence-electron chi connectivity index (χ1n) is 9.05. The van der Waals surface area contributed by atoms with E-state index >= 15 is 0 Å². The van der Waals surface area contributed by atoms with Crippen LogP contribution in [-0.4, -0.2) is 77.5 Å². The zero-order chi connectivity index (χ0) is 19.1. The molecule has 0 spiro atoms. The van der Waals surface area contributed by atoms with Crippen molar-refractivity contribution in [3.8, 4) is 0 Å². The molecule has 2 rings (SSSR count). The first kappa shape index (κ1) is 20.3. The van der Waals surface area contributed by atoms with E-state index in [-0.39, 0.29) is 24.3 Å². The molecule has 0 unspecified atom stereocenters. The number of hydrogen-bond donors (Lipinski definition) is 1. The highest BCUT2D eigenvalue weighted by Gasteiger charge is 2.25. The molecule has 1 aromatic carbocycles. The normalized spacial score (nSPS) is 16.0. The topological polar surface area (TPSA) is 64.1 Å². The van der Waals surface area contributed by atoms with Crippen LogP contribution in [0.3, 0.4) is 0 Å². The summed E-state index contributed by atoms with van der Waals surface area (Å²) in [4.78, 5) is 29.1. The Kier molecular flexibility index (Phi) is 7.53. The van der Waals surface area contributed by atoms with Crippen LogP contribution in [0.4, 0.5) is 4.39 Å². The number of rotatable bonds is 8. The summed E-state index contributed by atoms with van der Waals surface area (Å²) >= 11 is 0. The Morgan fingerprint density at radius 3 is 2.58 bits per heavy atom. The number of benzene rings is 1. The Labute approximate surface area is 154 Å². The Balaban J connectivity index is 1.82. The van der Waals surface area contributed by atoms with Crippen molar-refractivity contribution in [3.05, 3.63) is 35.6 Å².